The molecule has 0 spiro atoms. The summed E-state index contributed by atoms with van der Waals surface area (Å²) in [6.45, 7) is 3.71. The van der Waals surface area contributed by atoms with Crippen molar-refractivity contribution in [1.29, 1.82) is 0 Å². The van der Waals surface area contributed by atoms with Crippen LogP contribution in [0.25, 0.3) is 0 Å². The van der Waals surface area contributed by atoms with Crippen LogP contribution >= 0.6 is 11.6 Å². The lowest BCUT2D eigenvalue weighted by Crippen LogP contribution is -2.31. The summed E-state index contributed by atoms with van der Waals surface area (Å²) in [5.74, 6) is 0.114. The number of amides is 1. The van der Waals surface area contributed by atoms with Gasteiger partial charge in [-0.2, -0.15) is 0 Å². The molecule has 3 aromatic rings. The largest absolute Gasteiger partial charge is 0.481 e. The van der Waals surface area contributed by atoms with Crippen molar-refractivity contribution in [2.24, 2.45) is 0 Å². The summed E-state index contributed by atoms with van der Waals surface area (Å²) >= 11 is 6.10. The van der Waals surface area contributed by atoms with Crippen molar-refractivity contribution in [3.8, 4) is 5.75 Å². The van der Waals surface area contributed by atoms with Crippen molar-refractivity contribution >= 4 is 29.0 Å². The summed E-state index contributed by atoms with van der Waals surface area (Å²) in [6, 6.07) is 21.3. The van der Waals surface area contributed by atoms with Crippen molar-refractivity contribution in [2.45, 2.75) is 26.4 Å². The third kappa shape index (κ3) is 5.04. The van der Waals surface area contributed by atoms with E-state index in [0.717, 1.165) is 12.0 Å². The second-order valence-electron chi connectivity index (χ2n) is 6.60. The van der Waals surface area contributed by atoms with Crippen molar-refractivity contribution in [1.82, 2.24) is 0 Å². The van der Waals surface area contributed by atoms with Crippen LogP contribution in [0.3, 0.4) is 0 Å². The van der Waals surface area contributed by atoms with Crippen molar-refractivity contribution < 1.29 is 14.3 Å². The SMILES string of the molecule is CCc1ccccc1O[C@@H](C)C(=O)Nc1ccc(Cl)cc1C(=O)c1ccccc1. The predicted molar refractivity (Wildman–Crippen MR) is 116 cm³/mol. The molecule has 3 aromatic carbocycles. The van der Waals surface area contributed by atoms with E-state index < -0.39 is 6.10 Å². The van der Waals surface area contributed by atoms with Crippen molar-refractivity contribution in [2.75, 3.05) is 5.32 Å². The molecule has 0 saturated carbocycles. The van der Waals surface area contributed by atoms with Crippen LogP contribution in [-0.4, -0.2) is 17.8 Å². The van der Waals surface area contributed by atoms with Gasteiger partial charge in [0.25, 0.3) is 5.91 Å². The lowest BCUT2D eigenvalue weighted by Gasteiger charge is -2.18. The van der Waals surface area contributed by atoms with Gasteiger partial charge in [-0.05, 0) is 43.2 Å². The zero-order chi connectivity index (χ0) is 20.8. The van der Waals surface area contributed by atoms with E-state index in [0.29, 0.717) is 27.6 Å². The normalized spacial score (nSPS) is 11.6. The molecule has 0 fully saturated rings. The highest BCUT2D eigenvalue weighted by Crippen LogP contribution is 2.25. The van der Waals surface area contributed by atoms with Crippen molar-refractivity contribution in [3.05, 3.63) is 94.5 Å². The first-order valence-corrected chi connectivity index (χ1v) is 9.82. The third-order valence-corrected chi connectivity index (χ3v) is 4.78. The van der Waals surface area contributed by atoms with E-state index in [2.05, 4.69) is 5.32 Å². The maximum atomic E-state index is 12.9. The second kappa shape index (κ2) is 9.39. The molecule has 5 heteroatoms. The minimum Gasteiger partial charge on any atom is -0.481 e. The van der Waals surface area contributed by atoms with Gasteiger partial charge in [-0.1, -0.05) is 67.1 Å². The van der Waals surface area contributed by atoms with Gasteiger partial charge in [0.1, 0.15) is 5.75 Å². The van der Waals surface area contributed by atoms with E-state index in [1.165, 1.54) is 0 Å². The average Bonchev–Trinajstić information content (AvgIpc) is 2.75. The topological polar surface area (TPSA) is 55.4 Å². The number of carbonyl (C=O) groups is 2. The quantitative estimate of drug-likeness (QED) is 0.523. The summed E-state index contributed by atoms with van der Waals surface area (Å²) in [4.78, 5) is 25.6. The molecule has 1 amide bonds. The molecule has 0 saturated heterocycles. The van der Waals surface area contributed by atoms with E-state index >= 15 is 0 Å². The third-order valence-electron chi connectivity index (χ3n) is 4.55. The Labute approximate surface area is 175 Å². The average molecular weight is 408 g/mol. The molecule has 1 N–H and O–H groups in total. The first-order chi connectivity index (χ1) is 14.0. The first kappa shape index (κ1) is 20.6. The standard InChI is InChI=1S/C24H22ClNO3/c1-3-17-9-7-8-12-22(17)29-16(2)24(28)26-21-14-13-19(25)15-20(21)23(27)18-10-5-4-6-11-18/h4-16H,3H2,1-2H3,(H,26,28)/t16-/m0/s1. The highest BCUT2D eigenvalue weighted by Gasteiger charge is 2.20. The maximum Gasteiger partial charge on any atom is 0.265 e. The Hall–Kier alpha value is -3.11. The molecular weight excluding hydrogens is 386 g/mol. The van der Waals surface area contributed by atoms with Gasteiger partial charge in [-0.25, -0.2) is 0 Å². The fourth-order valence-corrected chi connectivity index (χ4v) is 3.12. The van der Waals surface area contributed by atoms with Crippen LogP contribution in [0, 0.1) is 0 Å². The molecule has 1 atom stereocenters. The molecule has 0 aliphatic heterocycles. The Morgan fingerprint density at radius 2 is 1.69 bits per heavy atom. The molecule has 0 aliphatic rings. The van der Waals surface area contributed by atoms with E-state index in [-0.39, 0.29) is 11.7 Å². The number of para-hydroxylation sites is 1. The van der Waals surface area contributed by atoms with Gasteiger partial charge in [0.2, 0.25) is 0 Å². The first-order valence-electron chi connectivity index (χ1n) is 9.44. The van der Waals surface area contributed by atoms with Gasteiger partial charge < -0.3 is 10.1 Å². The van der Waals surface area contributed by atoms with Gasteiger partial charge in [0.05, 0.1) is 5.69 Å². The zero-order valence-corrected chi connectivity index (χ0v) is 17.1. The van der Waals surface area contributed by atoms with E-state index in [9.17, 15) is 9.59 Å². The number of anilines is 1. The summed E-state index contributed by atoms with van der Waals surface area (Å²) in [5.41, 5.74) is 2.27. The number of ether oxygens (including phenoxy) is 1. The Balaban J connectivity index is 1.81. The van der Waals surface area contributed by atoms with Crippen LogP contribution in [0.5, 0.6) is 5.75 Å². The van der Waals surface area contributed by atoms with Gasteiger partial charge >= 0.3 is 0 Å². The molecule has 148 valence electrons. The van der Waals surface area contributed by atoms with Crippen LogP contribution < -0.4 is 10.1 Å². The Bertz CT molecular complexity index is 1020. The smallest absolute Gasteiger partial charge is 0.265 e. The number of ketones is 1. The predicted octanol–water partition coefficient (Wildman–Crippen LogP) is 5.54. The highest BCUT2D eigenvalue weighted by molar-refractivity contribution is 6.31. The number of aryl methyl sites for hydroxylation is 1. The number of hydrogen-bond donors (Lipinski definition) is 1. The molecule has 0 heterocycles. The lowest BCUT2D eigenvalue weighted by molar-refractivity contribution is -0.122. The fraction of sp³-hybridized carbons (Fsp3) is 0.167. The van der Waals surface area contributed by atoms with E-state index in [4.69, 9.17) is 16.3 Å². The van der Waals surface area contributed by atoms with E-state index in [1.807, 2.05) is 37.3 Å². The molecule has 0 unspecified atom stereocenters. The minimum absolute atomic E-state index is 0.215. The summed E-state index contributed by atoms with van der Waals surface area (Å²) < 4.78 is 5.86. The van der Waals surface area contributed by atoms with Gasteiger partial charge in [0, 0.05) is 16.1 Å². The van der Waals surface area contributed by atoms with Gasteiger partial charge in [0.15, 0.2) is 11.9 Å². The Kier molecular flexibility index (Phi) is 6.68. The van der Waals surface area contributed by atoms with Crippen LogP contribution in [0.1, 0.15) is 35.3 Å². The monoisotopic (exact) mass is 407 g/mol. The number of halogens is 1. The van der Waals surface area contributed by atoms with Crippen LogP contribution in [-0.2, 0) is 11.2 Å². The molecule has 0 bridgehead atoms. The number of rotatable bonds is 7. The zero-order valence-electron chi connectivity index (χ0n) is 16.3. The summed E-state index contributed by atoms with van der Waals surface area (Å²) in [5, 5.41) is 3.22. The number of hydrogen-bond acceptors (Lipinski definition) is 3. The molecule has 0 aliphatic carbocycles. The van der Waals surface area contributed by atoms with Crippen LogP contribution in [0.4, 0.5) is 5.69 Å². The molecular formula is C24H22ClNO3. The number of benzene rings is 3. The number of nitrogens with one attached hydrogen (secondary N) is 1. The number of carbonyl (C=O) groups excluding carboxylic acids is 2. The second-order valence-corrected chi connectivity index (χ2v) is 7.03. The maximum absolute atomic E-state index is 12.9. The highest BCUT2D eigenvalue weighted by atomic mass is 35.5. The lowest BCUT2D eigenvalue weighted by atomic mass is 10.0. The molecule has 29 heavy (non-hydrogen) atoms. The van der Waals surface area contributed by atoms with E-state index in [1.54, 1.807) is 49.4 Å². The van der Waals surface area contributed by atoms with Gasteiger partial charge in [-0.3, -0.25) is 9.59 Å². The Morgan fingerprint density at radius 3 is 2.41 bits per heavy atom. The van der Waals surface area contributed by atoms with Crippen molar-refractivity contribution in [3.63, 3.8) is 0 Å². The minimum atomic E-state index is -0.738. The van der Waals surface area contributed by atoms with Crippen LogP contribution in [0.2, 0.25) is 5.02 Å². The molecule has 3 rings (SSSR count). The summed E-state index contributed by atoms with van der Waals surface area (Å²) in [6.07, 6.45) is 0.0651. The summed E-state index contributed by atoms with van der Waals surface area (Å²) in [7, 11) is 0. The fourth-order valence-electron chi connectivity index (χ4n) is 2.95. The Morgan fingerprint density at radius 1 is 1.00 bits per heavy atom. The molecule has 4 nitrogen and oxygen atoms in total. The van der Waals surface area contributed by atoms with Gasteiger partial charge in [-0.15, -0.1) is 0 Å². The van der Waals surface area contributed by atoms with Crippen LogP contribution in [0.15, 0.2) is 72.8 Å². The molecule has 0 radical (unpaired) electrons. The molecule has 0 aromatic heterocycles.